The zero-order valence-corrected chi connectivity index (χ0v) is 10.9. The van der Waals surface area contributed by atoms with Crippen LogP contribution in [0.1, 0.15) is 26.2 Å². The van der Waals surface area contributed by atoms with Gasteiger partial charge in [-0.1, -0.05) is 13.0 Å². The van der Waals surface area contributed by atoms with Crippen LogP contribution in [0.15, 0.2) is 24.3 Å². The molecule has 0 radical (unpaired) electrons. The second kappa shape index (κ2) is 5.76. The summed E-state index contributed by atoms with van der Waals surface area (Å²) in [4.78, 5) is 14.1. The van der Waals surface area contributed by atoms with Crippen LogP contribution in [-0.4, -0.2) is 24.0 Å². The van der Waals surface area contributed by atoms with Crippen molar-refractivity contribution in [1.82, 2.24) is 4.90 Å². The minimum absolute atomic E-state index is 0.0191. The number of rotatable bonds is 5. The Labute approximate surface area is 108 Å². The maximum absolute atomic E-state index is 12.2. The van der Waals surface area contributed by atoms with Crippen molar-refractivity contribution in [2.45, 2.75) is 26.2 Å². The fourth-order valence-corrected chi connectivity index (χ4v) is 1.98. The molecule has 1 fully saturated rings. The minimum Gasteiger partial charge on any atom is -0.399 e. The van der Waals surface area contributed by atoms with Gasteiger partial charge in [-0.3, -0.25) is 0 Å². The highest BCUT2D eigenvalue weighted by Gasteiger charge is 2.26. The maximum atomic E-state index is 12.2. The van der Waals surface area contributed by atoms with Crippen LogP contribution in [0.3, 0.4) is 0 Å². The van der Waals surface area contributed by atoms with Gasteiger partial charge in [0.2, 0.25) is 0 Å². The summed E-state index contributed by atoms with van der Waals surface area (Å²) in [5.74, 6) is 0.711. The van der Waals surface area contributed by atoms with E-state index in [1.165, 1.54) is 12.8 Å². The number of amides is 2. The monoisotopic (exact) mass is 247 g/mol. The van der Waals surface area contributed by atoms with Crippen molar-refractivity contribution in [1.29, 1.82) is 0 Å². The van der Waals surface area contributed by atoms with Gasteiger partial charge in [-0.2, -0.15) is 0 Å². The average molecular weight is 247 g/mol. The normalized spacial score (nSPS) is 14.3. The lowest BCUT2D eigenvalue weighted by Crippen LogP contribution is -2.37. The lowest BCUT2D eigenvalue weighted by atomic mass is 10.3. The van der Waals surface area contributed by atoms with Crippen LogP contribution in [-0.2, 0) is 0 Å². The third-order valence-corrected chi connectivity index (χ3v) is 3.09. The number of anilines is 2. The van der Waals surface area contributed by atoms with Gasteiger partial charge < -0.3 is 16.0 Å². The third-order valence-electron chi connectivity index (χ3n) is 3.09. The molecule has 0 heterocycles. The second-order valence-electron chi connectivity index (χ2n) is 4.95. The number of hydrogen-bond donors (Lipinski definition) is 2. The van der Waals surface area contributed by atoms with Crippen LogP contribution in [0.25, 0.3) is 0 Å². The summed E-state index contributed by atoms with van der Waals surface area (Å²) in [7, 11) is 0. The molecule has 0 aromatic heterocycles. The average Bonchev–Trinajstić information content (AvgIpc) is 3.12. The molecule has 18 heavy (non-hydrogen) atoms. The van der Waals surface area contributed by atoms with E-state index in [1.54, 1.807) is 6.07 Å². The molecule has 0 spiro atoms. The van der Waals surface area contributed by atoms with Gasteiger partial charge in [0.15, 0.2) is 0 Å². The summed E-state index contributed by atoms with van der Waals surface area (Å²) < 4.78 is 0. The first-order valence-corrected chi connectivity index (χ1v) is 6.60. The fourth-order valence-electron chi connectivity index (χ4n) is 1.98. The molecule has 98 valence electrons. The molecule has 1 aliphatic rings. The van der Waals surface area contributed by atoms with E-state index in [0.717, 1.165) is 25.2 Å². The smallest absolute Gasteiger partial charge is 0.321 e. The molecule has 0 unspecified atom stereocenters. The quantitative estimate of drug-likeness (QED) is 0.786. The van der Waals surface area contributed by atoms with Crippen LogP contribution in [0.5, 0.6) is 0 Å². The van der Waals surface area contributed by atoms with E-state index >= 15 is 0 Å². The Morgan fingerprint density at radius 2 is 2.28 bits per heavy atom. The number of carbonyl (C=O) groups excluding carboxylic acids is 1. The van der Waals surface area contributed by atoms with Gasteiger partial charge in [0.05, 0.1) is 0 Å². The highest BCUT2D eigenvalue weighted by atomic mass is 16.2. The van der Waals surface area contributed by atoms with E-state index in [-0.39, 0.29) is 6.03 Å². The predicted molar refractivity (Wildman–Crippen MR) is 74.5 cm³/mol. The Kier molecular flexibility index (Phi) is 4.07. The van der Waals surface area contributed by atoms with Gasteiger partial charge in [-0.05, 0) is 43.4 Å². The van der Waals surface area contributed by atoms with Crippen molar-refractivity contribution >= 4 is 17.4 Å². The molecule has 2 rings (SSSR count). The van der Waals surface area contributed by atoms with Crippen molar-refractivity contribution < 1.29 is 4.79 Å². The van der Waals surface area contributed by atoms with Crippen LogP contribution >= 0.6 is 0 Å². The second-order valence-corrected chi connectivity index (χ2v) is 4.95. The first kappa shape index (κ1) is 12.7. The molecule has 0 bridgehead atoms. The van der Waals surface area contributed by atoms with Crippen molar-refractivity contribution in [3.05, 3.63) is 24.3 Å². The topological polar surface area (TPSA) is 58.4 Å². The molecule has 1 saturated carbocycles. The molecular weight excluding hydrogens is 226 g/mol. The number of nitrogens with one attached hydrogen (secondary N) is 1. The van der Waals surface area contributed by atoms with Crippen molar-refractivity contribution in [2.24, 2.45) is 5.92 Å². The molecule has 4 heteroatoms. The highest BCUT2D eigenvalue weighted by Crippen LogP contribution is 2.30. The number of nitrogen functional groups attached to an aromatic ring is 1. The molecule has 3 N–H and O–H groups in total. The van der Waals surface area contributed by atoms with Gasteiger partial charge in [0, 0.05) is 24.5 Å². The zero-order valence-electron chi connectivity index (χ0n) is 10.9. The minimum atomic E-state index is -0.0191. The van der Waals surface area contributed by atoms with Crippen LogP contribution in [0.2, 0.25) is 0 Å². The Balaban J connectivity index is 1.94. The van der Waals surface area contributed by atoms with Crippen molar-refractivity contribution in [3.8, 4) is 0 Å². The molecule has 0 aliphatic heterocycles. The van der Waals surface area contributed by atoms with E-state index in [4.69, 9.17) is 5.73 Å². The summed E-state index contributed by atoms with van der Waals surface area (Å²) in [6.07, 6.45) is 3.49. The Bertz CT molecular complexity index is 415. The maximum Gasteiger partial charge on any atom is 0.321 e. The molecule has 0 saturated heterocycles. The standard InChI is InChI=1S/C14H21N3O/c1-2-8-17(10-11-6-7-11)14(18)16-13-5-3-4-12(15)9-13/h3-5,9,11H,2,6-8,10,15H2,1H3,(H,16,18). The lowest BCUT2D eigenvalue weighted by molar-refractivity contribution is 0.209. The van der Waals surface area contributed by atoms with Crippen LogP contribution in [0.4, 0.5) is 16.2 Å². The van der Waals surface area contributed by atoms with Gasteiger partial charge in [-0.25, -0.2) is 4.79 Å². The molecule has 1 aliphatic carbocycles. The molecule has 2 amide bonds. The van der Waals surface area contributed by atoms with Crippen LogP contribution < -0.4 is 11.1 Å². The third kappa shape index (κ3) is 3.65. The largest absolute Gasteiger partial charge is 0.399 e. The van der Waals surface area contributed by atoms with E-state index in [9.17, 15) is 4.79 Å². The van der Waals surface area contributed by atoms with E-state index in [2.05, 4.69) is 12.2 Å². The van der Waals surface area contributed by atoms with E-state index in [0.29, 0.717) is 11.6 Å². The highest BCUT2D eigenvalue weighted by molar-refractivity contribution is 5.89. The van der Waals surface area contributed by atoms with Crippen molar-refractivity contribution in [2.75, 3.05) is 24.1 Å². The van der Waals surface area contributed by atoms with E-state index in [1.807, 2.05) is 23.1 Å². The molecule has 0 atom stereocenters. The zero-order chi connectivity index (χ0) is 13.0. The van der Waals surface area contributed by atoms with Crippen LogP contribution in [0, 0.1) is 5.92 Å². The first-order valence-electron chi connectivity index (χ1n) is 6.60. The van der Waals surface area contributed by atoms with Gasteiger partial charge in [-0.15, -0.1) is 0 Å². The van der Waals surface area contributed by atoms with E-state index < -0.39 is 0 Å². The Morgan fingerprint density at radius 1 is 1.50 bits per heavy atom. The molecule has 1 aromatic carbocycles. The number of hydrogen-bond acceptors (Lipinski definition) is 2. The Morgan fingerprint density at radius 3 is 2.89 bits per heavy atom. The van der Waals surface area contributed by atoms with Gasteiger partial charge >= 0.3 is 6.03 Å². The summed E-state index contributed by atoms with van der Waals surface area (Å²) in [6, 6.07) is 7.27. The van der Waals surface area contributed by atoms with Gasteiger partial charge in [0.25, 0.3) is 0 Å². The lowest BCUT2D eigenvalue weighted by Gasteiger charge is -2.22. The molecule has 4 nitrogen and oxygen atoms in total. The number of nitrogens with zero attached hydrogens (tertiary/aromatic N) is 1. The summed E-state index contributed by atoms with van der Waals surface area (Å²) in [5.41, 5.74) is 7.12. The first-order chi connectivity index (χ1) is 8.69. The summed E-state index contributed by atoms with van der Waals surface area (Å²) >= 11 is 0. The molecule has 1 aromatic rings. The molecular formula is C14H21N3O. The number of carbonyl (C=O) groups is 1. The number of benzene rings is 1. The number of nitrogens with two attached hydrogens (primary N) is 1. The number of urea groups is 1. The SMILES string of the molecule is CCCN(CC1CC1)C(=O)Nc1cccc(N)c1. The van der Waals surface area contributed by atoms with Crippen molar-refractivity contribution in [3.63, 3.8) is 0 Å². The fraction of sp³-hybridized carbons (Fsp3) is 0.500. The summed E-state index contributed by atoms with van der Waals surface area (Å²) in [6.45, 7) is 3.78. The predicted octanol–water partition coefficient (Wildman–Crippen LogP) is 2.92. The Hall–Kier alpha value is -1.71. The summed E-state index contributed by atoms with van der Waals surface area (Å²) in [5, 5.41) is 2.91. The van der Waals surface area contributed by atoms with Gasteiger partial charge in [0.1, 0.15) is 0 Å².